The van der Waals surface area contributed by atoms with Gasteiger partial charge in [-0.1, -0.05) is 54.6 Å². The average Bonchev–Trinajstić information content (AvgIpc) is 2.79. The molecule has 0 aromatic heterocycles. The summed E-state index contributed by atoms with van der Waals surface area (Å²) in [5.74, 6) is 2.15. The molecule has 1 atom stereocenters. The molecule has 0 unspecified atom stereocenters. The van der Waals surface area contributed by atoms with Crippen molar-refractivity contribution < 1.29 is 19.3 Å². The third-order valence-electron chi connectivity index (χ3n) is 4.76. The Labute approximate surface area is 178 Å². The molecular formula is C25H29NO4. The Kier molecular flexibility index (Phi) is 8.12. The maximum atomic E-state index is 10.6. The number of hydrogen-bond acceptors (Lipinski definition) is 5. The van der Waals surface area contributed by atoms with Gasteiger partial charge >= 0.3 is 0 Å². The van der Waals surface area contributed by atoms with Crippen molar-refractivity contribution in [2.24, 2.45) is 0 Å². The zero-order chi connectivity index (χ0) is 21.2. The van der Waals surface area contributed by atoms with E-state index in [1.54, 1.807) is 14.2 Å². The number of para-hydroxylation sites is 1. The van der Waals surface area contributed by atoms with Crippen molar-refractivity contribution in [3.63, 3.8) is 0 Å². The van der Waals surface area contributed by atoms with Gasteiger partial charge in [0, 0.05) is 19.6 Å². The number of aliphatic hydroxyl groups is 1. The van der Waals surface area contributed by atoms with Crippen LogP contribution in [0.3, 0.4) is 0 Å². The van der Waals surface area contributed by atoms with Crippen molar-refractivity contribution in [2.75, 3.05) is 27.4 Å². The molecule has 0 aliphatic rings. The highest BCUT2D eigenvalue weighted by atomic mass is 16.5. The molecule has 1 N–H and O–H groups in total. The Bertz CT molecular complexity index is 886. The predicted molar refractivity (Wildman–Crippen MR) is 118 cm³/mol. The van der Waals surface area contributed by atoms with Crippen molar-refractivity contribution in [1.29, 1.82) is 0 Å². The predicted octanol–water partition coefficient (Wildman–Crippen LogP) is 4.15. The van der Waals surface area contributed by atoms with E-state index in [1.165, 1.54) is 5.56 Å². The lowest BCUT2D eigenvalue weighted by Gasteiger charge is -2.26. The van der Waals surface area contributed by atoms with E-state index in [2.05, 4.69) is 17.0 Å². The van der Waals surface area contributed by atoms with Crippen molar-refractivity contribution in [1.82, 2.24) is 4.90 Å². The molecule has 0 aliphatic carbocycles. The van der Waals surface area contributed by atoms with Gasteiger partial charge in [0.1, 0.15) is 18.5 Å². The largest absolute Gasteiger partial charge is 0.493 e. The second-order valence-electron chi connectivity index (χ2n) is 7.12. The number of methoxy groups -OCH3 is 2. The smallest absolute Gasteiger partial charge is 0.161 e. The second-order valence-corrected chi connectivity index (χ2v) is 7.12. The maximum absolute atomic E-state index is 10.6. The number of benzene rings is 3. The van der Waals surface area contributed by atoms with Crippen LogP contribution in [0.2, 0.25) is 0 Å². The van der Waals surface area contributed by atoms with Gasteiger partial charge in [-0.2, -0.15) is 0 Å². The fourth-order valence-corrected chi connectivity index (χ4v) is 3.32. The first-order chi connectivity index (χ1) is 14.7. The number of rotatable bonds is 11. The molecule has 0 heterocycles. The molecule has 0 bridgehead atoms. The molecule has 158 valence electrons. The number of nitrogens with zero attached hydrogens (tertiary/aromatic N) is 1. The molecule has 5 heteroatoms. The monoisotopic (exact) mass is 407 g/mol. The molecule has 0 spiro atoms. The van der Waals surface area contributed by atoms with Gasteiger partial charge in [0.25, 0.3) is 0 Å². The first kappa shape index (κ1) is 21.7. The third-order valence-corrected chi connectivity index (χ3v) is 4.76. The van der Waals surface area contributed by atoms with E-state index in [0.29, 0.717) is 24.6 Å². The summed E-state index contributed by atoms with van der Waals surface area (Å²) in [6.07, 6.45) is -0.617. The highest BCUT2D eigenvalue weighted by Gasteiger charge is 2.15. The average molecular weight is 408 g/mol. The number of aliphatic hydroxyl groups excluding tert-OH is 1. The number of hydrogen-bond donors (Lipinski definition) is 1. The van der Waals surface area contributed by atoms with Crippen LogP contribution in [0.4, 0.5) is 0 Å². The topological polar surface area (TPSA) is 51.2 Å². The molecule has 0 amide bonds. The molecule has 0 radical (unpaired) electrons. The van der Waals surface area contributed by atoms with Crippen LogP contribution in [0.1, 0.15) is 11.1 Å². The molecule has 0 saturated heterocycles. The van der Waals surface area contributed by atoms with Gasteiger partial charge in [0.05, 0.1) is 14.2 Å². The summed E-state index contributed by atoms with van der Waals surface area (Å²) < 4.78 is 16.5. The Morgan fingerprint density at radius 1 is 0.767 bits per heavy atom. The van der Waals surface area contributed by atoms with E-state index in [9.17, 15) is 5.11 Å². The van der Waals surface area contributed by atoms with E-state index in [1.807, 2.05) is 66.7 Å². The lowest BCUT2D eigenvalue weighted by molar-refractivity contribution is 0.0628. The van der Waals surface area contributed by atoms with Crippen LogP contribution in [0, 0.1) is 0 Å². The minimum Gasteiger partial charge on any atom is -0.493 e. The van der Waals surface area contributed by atoms with Crippen molar-refractivity contribution in [2.45, 2.75) is 19.2 Å². The Balaban J connectivity index is 1.68. The minimum absolute atomic E-state index is 0.237. The first-order valence-electron chi connectivity index (χ1n) is 10.0. The van der Waals surface area contributed by atoms with Gasteiger partial charge < -0.3 is 19.3 Å². The lowest BCUT2D eigenvalue weighted by atomic mass is 10.1. The van der Waals surface area contributed by atoms with E-state index < -0.39 is 6.10 Å². The zero-order valence-corrected chi connectivity index (χ0v) is 17.5. The lowest BCUT2D eigenvalue weighted by Crippen LogP contribution is -2.35. The summed E-state index contributed by atoms with van der Waals surface area (Å²) >= 11 is 0. The number of ether oxygens (including phenoxy) is 3. The zero-order valence-electron chi connectivity index (χ0n) is 17.5. The third kappa shape index (κ3) is 6.51. The first-order valence-corrected chi connectivity index (χ1v) is 10.0. The summed E-state index contributed by atoms with van der Waals surface area (Å²) in [6.45, 7) is 2.10. The molecule has 30 heavy (non-hydrogen) atoms. The normalized spacial score (nSPS) is 11.9. The van der Waals surface area contributed by atoms with Crippen LogP contribution >= 0.6 is 0 Å². The quantitative estimate of drug-likeness (QED) is 0.518. The van der Waals surface area contributed by atoms with Crippen LogP contribution < -0.4 is 14.2 Å². The summed E-state index contributed by atoms with van der Waals surface area (Å²) in [5.41, 5.74) is 2.27. The highest BCUT2D eigenvalue weighted by Crippen LogP contribution is 2.28. The van der Waals surface area contributed by atoms with Gasteiger partial charge in [0.2, 0.25) is 0 Å². The fourth-order valence-electron chi connectivity index (χ4n) is 3.32. The van der Waals surface area contributed by atoms with Crippen LogP contribution in [-0.4, -0.2) is 43.5 Å². The highest BCUT2D eigenvalue weighted by molar-refractivity contribution is 5.42. The van der Waals surface area contributed by atoms with Crippen molar-refractivity contribution in [3.05, 3.63) is 90.0 Å². The van der Waals surface area contributed by atoms with Crippen LogP contribution in [0.5, 0.6) is 17.2 Å². The van der Waals surface area contributed by atoms with Gasteiger partial charge in [-0.15, -0.1) is 0 Å². The van der Waals surface area contributed by atoms with Crippen LogP contribution in [-0.2, 0) is 13.1 Å². The SMILES string of the molecule is COc1ccc(CN(Cc2ccccc2)C[C@H](O)COc2ccccc2)cc1OC. The van der Waals surface area contributed by atoms with Crippen LogP contribution in [0.15, 0.2) is 78.9 Å². The fraction of sp³-hybridized carbons (Fsp3) is 0.280. The maximum Gasteiger partial charge on any atom is 0.161 e. The summed E-state index contributed by atoms with van der Waals surface area (Å²) in [4.78, 5) is 2.20. The molecule has 3 rings (SSSR count). The second kappa shape index (κ2) is 11.2. The van der Waals surface area contributed by atoms with Crippen LogP contribution in [0.25, 0.3) is 0 Å². The van der Waals surface area contributed by atoms with E-state index in [-0.39, 0.29) is 6.61 Å². The molecule has 5 nitrogen and oxygen atoms in total. The Morgan fingerprint density at radius 3 is 2.07 bits per heavy atom. The summed E-state index contributed by atoms with van der Waals surface area (Å²) in [5, 5.41) is 10.6. The van der Waals surface area contributed by atoms with Crippen molar-refractivity contribution >= 4 is 0 Å². The molecule has 0 aliphatic heterocycles. The molecule has 3 aromatic rings. The Morgan fingerprint density at radius 2 is 1.40 bits per heavy atom. The minimum atomic E-state index is -0.617. The van der Waals surface area contributed by atoms with E-state index >= 15 is 0 Å². The van der Waals surface area contributed by atoms with Gasteiger partial charge in [-0.3, -0.25) is 4.90 Å². The summed E-state index contributed by atoms with van der Waals surface area (Å²) in [6, 6.07) is 25.7. The molecule has 3 aromatic carbocycles. The van der Waals surface area contributed by atoms with E-state index in [4.69, 9.17) is 14.2 Å². The molecule has 0 fully saturated rings. The standard InChI is InChI=1S/C25H29NO4/c1-28-24-14-13-21(15-25(24)29-2)17-26(16-20-9-5-3-6-10-20)18-22(27)19-30-23-11-7-4-8-12-23/h3-15,22,27H,16-19H2,1-2H3/t22-/m0/s1. The summed E-state index contributed by atoms with van der Waals surface area (Å²) in [7, 11) is 3.26. The van der Waals surface area contributed by atoms with E-state index in [0.717, 1.165) is 17.9 Å². The van der Waals surface area contributed by atoms with Gasteiger partial charge in [0.15, 0.2) is 11.5 Å². The Hall–Kier alpha value is -3.02. The molecule has 0 saturated carbocycles. The molecular weight excluding hydrogens is 378 g/mol. The van der Waals surface area contributed by atoms with Gasteiger partial charge in [-0.05, 0) is 35.4 Å². The van der Waals surface area contributed by atoms with Crippen molar-refractivity contribution in [3.8, 4) is 17.2 Å². The van der Waals surface area contributed by atoms with Gasteiger partial charge in [-0.25, -0.2) is 0 Å².